The molecule has 1 aromatic rings. The molecule has 0 radical (unpaired) electrons. The van der Waals surface area contributed by atoms with Crippen LogP contribution >= 0.6 is 0 Å². The molecule has 0 fully saturated rings. The van der Waals surface area contributed by atoms with Gasteiger partial charge >= 0.3 is 5.97 Å². The molecule has 90 valence electrons. The molecule has 0 aromatic carbocycles. The molecule has 1 rings (SSSR count). The van der Waals surface area contributed by atoms with Crippen molar-refractivity contribution in [3.8, 4) is 0 Å². The van der Waals surface area contributed by atoms with E-state index in [4.69, 9.17) is 4.74 Å². The number of ether oxygens (including phenoxy) is 2. The van der Waals surface area contributed by atoms with Crippen LogP contribution in [0.4, 0.5) is 0 Å². The number of hydrogen-bond acceptors (Lipinski definition) is 4. The Kier molecular flexibility index (Phi) is 5.01. The Hall–Kier alpha value is -1.33. The standard InChI is InChI=1S/C11H18N2O3/c1-8(7-15-2)12-6-9-4-5-10(13-9)11(14)16-3/h4-5,8,12-13H,6-7H2,1-3H3. The molecule has 16 heavy (non-hydrogen) atoms. The van der Waals surface area contributed by atoms with Crippen LogP contribution in [0.3, 0.4) is 0 Å². The van der Waals surface area contributed by atoms with Crippen LogP contribution < -0.4 is 5.32 Å². The van der Waals surface area contributed by atoms with Crippen LogP contribution in [0.1, 0.15) is 23.1 Å². The Morgan fingerprint density at radius 3 is 2.88 bits per heavy atom. The van der Waals surface area contributed by atoms with Gasteiger partial charge in [-0.2, -0.15) is 0 Å². The number of rotatable bonds is 6. The van der Waals surface area contributed by atoms with Crippen molar-refractivity contribution in [2.75, 3.05) is 20.8 Å². The maximum atomic E-state index is 11.2. The number of H-pyrrole nitrogens is 1. The van der Waals surface area contributed by atoms with Gasteiger partial charge in [-0.05, 0) is 19.1 Å². The monoisotopic (exact) mass is 226 g/mol. The van der Waals surface area contributed by atoms with Gasteiger partial charge in [0.15, 0.2) is 0 Å². The predicted octanol–water partition coefficient (Wildman–Crippen LogP) is 0.926. The minimum Gasteiger partial charge on any atom is -0.464 e. The van der Waals surface area contributed by atoms with E-state index >= 15 is 0 Å². The van der Waals surface area contributed by atoms with Crippen LogP contribution in [-0.2, 0) is 16.0 Å². The topological polar surface area (TPSA) is 63.4 Å². The van der Waals surface area contributed by atoms with E-state index in [1.165, 1.54) is 7.11 Å². The lowest BCUT2D eigenvalue weighted by Gasteiger charge is -2.11. The molecule has 2 N–H and O–H groups in total. The first-order chi connectivity index (χ1) is 7.67. The summed E-state index contributed by atoms with van der Waals surface area (Å²) in [4.78, 5) is 14.2. The van der Waals surface area contributed by atoms with Gasteiger partial charge in [-0.15, -0.1) is 0 Å². The fourth-order valence-electron chi connectivity index (χ4n) is 1.37. The highest BCUT2D eigenvalue weighted by Gasteiger charge is 2.08. The average Bonchev–Trinajstić information content (AvgIpc) is 2.74. The minimum atomic E-state index is -0.351. The van der Waals surface area contributed by atoms with Gasteiger partial charge in [-0.3, -0.25) is 0 Å². The summed E-state index contributed by atoms with van der Waals surface area (Å²) in [6, 6.07) is 3.85. The third-order valence-electron chi connectivity index (χ3n) is 2.21. The molecule has 0 saturated heterocycles. The van der Waals surface area contributed by atoms with Crippen molar-refractivity contribution < 1.29 is 14.3 Å². The van der Waals surface area contributed by atoms with Crippen LogP contribution in [0.2, 0.25) is 0 Å². The molecule has 0 spiro atoms. The van der Waals surface area contributed by atoms with E-state index in [1.54, 1.807) is 13.2 Å². The van der Waals surface area contributed by atoms with E-state index in [0.29, 0.717) is 18.8 Å². The van der Waals surface area contributed by atoms with E-state index in [2.05, 4.69) is 15.0 Å². The third kappa shape index (κ3) is 3.67. The van der Waals surface area contributed by atoms with Gasteiger partial charge in [0, 0.05) is 25.4 Å². The zero-order valence-corrected chi connectivity index (χ0v) is 9.87. The first-order valence-corrected chi connectivity index (χ1v) is 5.16. The molecule has 1 aromatic heterocycles. The fourth-order valence-corrected chi connectivity index (χ4v) is 1.37. The molecule has 0 aliphatic rings. The molecule has 0 aliphatic carbocycles. The number of methoxy groups -OCH3 is 2. The van der Waals surface area contributed by atoms with Gasteiger partial charge in [0.05, 0.1) is 13.7 Å². The van der Waals surface area contributed by atoms with Gasteiger partial charge < -0.3 is 19.8 Å². The van der Waals surface area contributed by atoms with Gasteiger partial charge in [0.1, 0.15) is 5.69 Å². The highest BCUT2D eigenvalue weighted by atomic mass is 16.5. The second-order valence-corrected chi connectivity index (χ2v) is 3.63. The summed E-state index contributed by atoms with van der Waals surface area (Å²) in [6.07, 6.45) is 0. The van der Waals surface area contributed by atoms with Crippen LogP contribution in [0.15, 0.2) is 12.1 Å². The van der Waals surface area contributed by atoms with Crippen molar-refractivity contribution in [2.45, 2.75) is 19.5 Å². The summed E-state index contributed by atoms with van der Waals surface area (Å²) < 4.78 is 9.61. The molecule has 0 bridgehead atoms. The molecular formula is C11H18N2O3. The third-order valence-corrected chi connectivity index (χ3v) is 2.21. The maximum absolute atomic E-state index is 11.2. The molecule has 1 unspecified atom stereocenters. The average molecular weight is 226 g/mol. The molecule has 0 saturated carbocycles. The van der Waals surface area contributed by atoms with Crippen LogP contribution in [0, 0.1) is 0 Å². The fraction of sp³-hybridized carbons (Fsp3) is 0.545. The summed E-state index contributed by atoms with van der Waals surface area (Å²) >= 11 is 0. The highest BCUT2D eigenvalue weighted by molar-refractivity contribution is 5.87. The number of hydrogen-bond donors (Lipinski definition) is 2. The molecule has 5 heteroatoms. The Morgan fingerprint density at radius 1 is 1.50 bits per heavy atom. The first kappa shape index (κ1) is 12.7. The van der Waals surface area contributed by atoms with Gasteiger partial charge in [-0.25, -0.2) is 4.79 Å². The summed E-state index contributed by atoms with van der Waals surface area (Å²) in [7, 11) is 3.03. The van der Waals surface area contributed by atoms with Crippen molar-refractivity contribution in [1.29, 1.82) is 0 Å². The second kappa shape index (κ2) is 6.30. The van der Waals surface area contributed by atoms with Crippen molar-refractivity contribution in [3.63, 3.8) is 0 Å². The van der Waals surface area contributed by atoms with Crippen LogP contribution in [0.25, 0.3) is 0 Å². The smallest absolute Gasteiger partial charge is 0.354 e. The second-order valence-electron chi connectivity index (χ2n) is 3.63. The van der Waals surface area contributed by atoms with E-state index in [0.717, 1.165) is 5.69 Å². The Morgan fingerprint density at radius 2 is 2.25 bits per heavy atom. The highest BCUT2D eigenvalue weighted by Crippen LogP contribution is 2.03. The van der Waals surface area contributed by atoms with Crippen molar-refractivity contribution in [2.24, 2.45) is 0 Å². The van der Waals surface area contributed by atoms with E-state index < -0.39 is 0 Å². The van der Waals surface area contributed by atoms with E-state index in [9.17, 15) is 4.79 Å². The normalized spacial score (nSPS) is 12.4. The zero-order chi connectivity index (χ0) is 12.0. The molecule has 0 aliphatic heterocycles. The molecule has 1 heterocycles. The zero-order valence-electron chi connectivity index (χ0n) is 9.87. The number of aromatic nitrogens is 1. The molecule has 5 nitrogen and oxygen atoms in total. The number of esters is 1. The van der Waals surface area contributed by atoms with E-state index in [1.807, 2.05) is 13.0 Å². The quantitative estimate of drug-likeness (QED) is 0.708. The van der Waals surface area contributed by atoms with Crippen LogP contribution in [-0.4, -0.2) is 37.8 Å². The summed E-state index contributed by atoms with van der Waals surface area (Å²) in [5, 5.41) is 3.26. The Balaban J connectivity index is 2.43. The number of carbonyl (C=O) groups excluding carboxylic acids is 1. The van der Waals surface area contributed by atoms with Gasteiger partial charge in [-0.1, -0.05) is 0 Å². The van der Waals surface area contributed by atoms with Gasteiger partial charge in [0.2, 0.25) is 0 Å². The number of aromatic amines is 1. The minimum absolute atomic E-state index is 0.273. The molecular weight excluding hydrogens is 208 g/mol. The van der Waals surface area contributed by atoms with E-state index in [-0.39, 0.29) is 12.0 Å². The number of nitrogens with one attached hydrogen (secondary N) is 2. The van der Waals surface area contributed by atoms with Crippen molar-refractivity contribution in [1.82, 2.24) is 10.3 Å². The summed E-state index contributed by atoms with van der Waals surface area (Å²) in [5.74, 6) is -0.351. The Bertz CT molecular complexity index is 336. The summed E-state index contributed by atoms with van der Waals surface area (Å²) in [5.41, 5.74) is 1.42. The van der Waals surface area contributed by atoms with Gasteiger partial charge in [0.25, 0.3) is 0 Å². The molecule has 0 amide bonds. The lowest BCUT2D eigenvalue weighted by Crippen LogP contribution is -2.29. The maximum Gasteiger partial charge on any atom is 0.354 e. The Labute approximate surface area is 95.1 Å². The van der Waals surface area contributed by atoms with Crippen molar-refractivity contribution >= 4 is 5.97 Å². The SMILES string of the molecule is COCC(C)NCc1ccc(C(=O)OC)[nH]1. The predicted molar refractivity (Wildman–Crippen MR) is 60.3 cm³/mol. The summed E-state index contributed by atoms with van der Waals surface area (Å²) in [6.45, 7) is 3.36. The molecule has 1 atom stereocenters. The van der Waals surface area contributed by atoms with Crippen molar-refractivity contribution in [3.05, 3.63) is 23.5 Å². The lowest BCUT2D eigenvalue weighted by molar-refractivity contribution is 0.0594. The van der Waals surface area contributed by atoms with Crippen LogP contribution in [0.5, 0.6) is 0 Å². The number of carbonyl (C=O) groups is 1. The lowest BCUT2D eigenvalue weighted by atomic mass is 10.3. The first-order valence-electron chi connectivity index (χ1n) is 5.16. The largest absolute Gasteiger partial charge is 0.464 e.